The van der Waals surface area contributed by atoms with Crippen LogP contribution in [0.4, 0.5) is 0 Å². The standard InChI is InChI=1S/C16H31N3O2/c1-6-19(7-2)10-11(3)18-14(20)16(17)12-8-9-21-13(12)15(16,4)5/h11-13H,6-10,17H2,1-5H3,(H,18,20). The Bertz CT molecular complexity index is 395. The van der Waals surface area contributed by atoms with Gasteiger partial charge in [-0.1, -0.05) is 27.7 Å². The van der Waals surface area contributed by atoms with E-state index in [0.717, 1.165) is 32.7 Å². The van der Waals surface area contributed by atoms with Gasteiger partial charge < -0.3 is 20.7 Å². The second kappa shape index (κ2) is 5.86. The Balaban J connectivity index is 1.99. The summed E-state index contributed by atoms with van der Waals surface area (Å²) in [4.78, 5) is 15.1. The van der Waals surface area contributed by atoms with Gasteiger partial charge in [0.15, 0.2) is 0 Å². The summed E-state index contributed by atoms with van der Waals surface area (Å²) < 4.78 is 5.75. The van der Waals surface area contributed by atoms with Gasteiger partial charge in [0.05, 0.1) is 6.10 Å². The van der Waals surface area contributed by atoms with E-state index in [1.54, 1.807) is 0 Å². The Morgan fingerprint density at radius 1 is 1.43 bits per heavy atom. The molecule has 1 saturated carbocycles. The Morgan fingerprint density at radius 3 is 2.62 bits per heavy atom. The molecule has 5 heteroatoms. The minimum Gasteiger partial charge on any atom is -0.377 e. The third kappa shape index (κ3) is 2.49. The number of nitrogens with one attached hydrogen (secondary N) is 1. The molecular weight excluding hydrogens is 266 g/mol. The number of rotatable bonds is 6. The molecule has 21 heavy (non-hydrogen) atoms. The first kappa shape index (κ1) is 16.7. The van der Waals surface area contributed by atoms with Crippen molar-refractivity contribution in [1.82, 2.24) is 10.2 Å². The topological polar surface area (TPSA) is 67.6 Å². The van der Waals surface area contributed by atoms with Crippen LogP contribution in [0.15, 0.2) is 0 Å². The fraction of sp³-hybridized carbons (Fsp3) is 0.938. The van der Waals surface area contributed by atoms with Gasteiger partial charge in [-0.05, 0) is 26.4 Å². The molecule has 0 aromatic carbocycles. The third-order valence-corrected chi connectivity index (χ3v) is 5.63. The Morgan fingerprint density at radius 2 is 2.05 bits per heavy atom. The lowest BCUT2D eigenvalue weighted by atomic mass is 9.48. The van der Waals surface area contributed by atoms with E-state index in [4.69, 9.17) is 10.5 Å². The minimum atomic E-state index is -0.800. The Hall–Kier alpha value is -0.650. The van der Waals surface area contributed by atoms with E-state index in [0.29, 0.717) is 0 Å². The van der Waals surface area contributed by atoms with Gasteiger partial charge in [0.2, 0.25) is 5.91 Å². The number of hydrogen-bond donors (Lipinski definition) is 2. The molecule has 1 heterocycles. The number of likely N-dealkylation sites (N-methyl/N-ethyl adjacent to an activating group) is 1. The SMILES string of the molecule is CCN(CC)CC(C)NC(=O)C1(N)C2CCOC2C1(C)C. The quantitative estimate of drug-likeness (QED) is 0.767. The summed E-state index contributed by atoms with van der Waals surface area (Å²) in [5, 5.41) is 3.13. The summed E-state index contributed by atoms with van der Waals surface area (Å²) in [6.45, 7) is 14.0. The van der Waals surface area contributed by atoms with Crippen molar-refractivity contribution < 1.29 is 9.53 Å². The smallest absolute Gasteiger partial charge is 0.241 e. The van der Waals surface area contributed by atoms with Gasteiger partial charge in [-0.25, -0.2) is 0 Å². The molecule has 1 aliphatic heterocycles. The van der Waals surface area contributed by atoms with Gasteiger partial charge in [0, 0.05) is 30.5 Å². The van der Waals surface area contributed by atoms with E-state index >= 15 is 0 Å². The number of hydrogen-bond acceptors (Lipinski definition) is 4. The number of nitrogens with two attached hydrogens (primary N) is 1. The molecule has 0 spiro atoms. The normalized spacial score (nSPS) is 35.2. The van der Waals surface area contributed by atoms with E-state index in [1.165, 1.54) is 0 Å². The fourth-order valence-corrected chi connectivity index (χ4v) is 4.10. The molecule has 2 rings (SSSR count). The molecule has 1 amide bonds. The summed E-state index contributed by atoms with van der Waals surface area (Å²) in [7, 11) is 0. The zero-order valence-electron chi connectivity index (χ0n) is 14.1. The first-order chi connectivity index (χ1) is 9.78. The highest BCUT2D eigenvalue weighted by molar-refractivity contribution is 5.89. The average Bonchev–Trinajstić information content (AvgIpc) is 2.91. The fourth-order valence-electron chi connectivity index (χ4n) is 4.10. The maximum atomic E-state index is 12.8. The first-order valence-electron chi connectivity index (χ1n) is 8.22. The van der Waals surface area contributed by atoms with Gasteiger partial charge in [-0.15, -0.1) is 0 Å². The van der Waals surface area contributed by atoms with Gasteiger partial charge in [0.25, 0.3) is 0 Å². The van der Waals surface area contributed by atoms with Crippen molar-refractivity contribution in [3.8, 4) is 0 Å². The highest BCUT2D eigenvalue weighted by atomic mass is 16.5. The van der Waals surface area contributed by atoms with E-state index in [1.807, 2.05) is 20.8 Å². The third-order valence-electron chi connectivity index (χ3n) is 5.63. The predicted molar refractivity (Wildman–Crippen MR) is 83.9 cm³/mol. The zero-order valence-corrected chi connectivity index (χ0v) is 14.1. The average molecular weight is 297 g/mol. The van der Waals surface area contributed by atoms with Crippen LogP contribution in [0.2, 0.25) is 0 Å². The van der Waals surface area contributed by atoms with Crippen molar-refractivity contribution in [3.05, 3.63) is 0 Å². The zero-order chi connectivity index (χ0) is 15.8. The van der Waals surface area contributed by atoms with E-state index in [2.05, 4.69) is 24.1 Å². The van der Waals surface area contributed by atoms with Gasteiger partial charge in [-0.2, -0.15) is 0 Å². The maximum absolute atomic E-state index is 12.8. The molecule has 0 aromatic heterocycles. The molecule has 2 aliphatic rings. The van der Waals surface area contributed by atoms with Crippen molar-refractivity contribution >= 4 is 5.91 Å². The summed E-state index contributed by atoms with van der Waals surface area (Å²) in [6, 6.07) is 0.106. The minimum absolute atomic E-state index is 0.0149. The lowest BCUT2D eigenvalue weighted by Gasteiger charge is -2.60. The Kier molecular flexibility index (Phi) is 4.66. The lowest BCUT2D eigenvalue weighted by molar-refractivity contribution is -0.176. The summed E-state index contributed by atoms with van der Waals surface area (Å²) in [6.07, 6.45) is 1.02. The van der Waals surface area contributed by atoms with Gasteiger partial charge >= 0.3 is 0 Å². The van der Waals surface area contributed by atoms with Crippen LogP contribution in [0, 0.1) is 11.3 Å². The second-order valence-corrected chi connectivity index (χ2v) is 7.14. The van der Waals surface area contributed by atoms with Crippen molar-refractivity contribution in [2.24, 2.45) is 17.1 Å². The van der Waals surface area contributed by atoms with Crippen LogP contribution in [0.25, 0.3) is 0 Å². The van der Waals surface area contributed by atoms with Crippen LogP contribution in [0.5, 0.6) is 0 Å². The van der Waals surface area contributed by atoms with Crippen molar-refractivity contribution in [3.63, 3.8) is 0 Å². The molecule has 4 atom stereocenters. The summed E-state index contributed by atoms with van der Waals surface area (Å²) in [5.74, 6) is 0.145. The molecule has 0 aromatic rings. The first-order valence-corrected chi connectivity index (χ1v) is 8.22. The molecular formula is C16H31N3O2. The van der Waals surface area contributed by atoms with Crippen LogP contribution in [-0.4, -0.2) is 54.7 Å². The van der Waals surface area contributed by atoms with Crippen molar-refractivity contribution in [2.45, 2.75) is 58.7 Å². The molecule has 1 aliphatic carbocycles. The van der Waals surface area contributed by atoms with Gasteiger partial charge in [0.1, 0.15) is 5.54 Å². The second-order valence-electron chi connectivity index (χ2n) is 7.14. The molecule has 4 unspecified atom stereocenters. The number of ether oxygens (including phenoxy) is 1. The van der Waals surface area contributed by atoms with Crippen LogP contribution >= 0.6 is 0 Å². The molecule has 0 radical (unpaired) electrons. The molecule has 3 N–H and O–H groups in total. The van der Waals surface area contributed by atoms with Crippen LogP contribution < -0.4 is 11.1 Å². The van der Waals surface area contributed by atoms with Crippen LogP contribution in [-0.2, 0) is 9.53 Å². The lowest BCUT2D eigenvalue weighted by Crippen LogP contribution is -2.80. The molecule has 122 valence electrons. The number of fused-ring (bicyclic) bond motifs is 1. The number of nitrogens with zero attached hydrogens (tertiary/aromatic N) is 1. The van der Waals surface area contributed by atoms with Crippen molar-refractivity contribution in [2.75, 3.05) is 26.2 Å². The molecule has 0 bridgehead atoms. The van der Waals surface area contributed by atoms with E-state index in [9.17, 15) is 4.79 Å². The maximum Gasteiger partial charge on any atom is 0.241 e. The number of amides is 1. The monoisotopic (exact) mass is 297 g/mol. The summed E-state index contributed by atoms with van der Waals surface area (Å²) in [5.41, 5.74) is 5.45. The van der Waals surface area contributed by atoms with Crippen molar-refractivity contribution in [1.29, 1.82) is 0 Å². The number of carbonyl (C=O) groups excluding carboxylic acids is 1. The molecule has 1 saturated heterocycles. The largest absolute Gasteiger partial charge is 0.377 e. The van der Waals surface area contributed by atoms with E-state index < -0.39 is 5.54 Å². The Labute approximate surface area is 128 Å². The van der Waals surface area contributed by atoms with Gasteiger partial charge in [-0.3, -0.25) is 4.79 Å². The molecule has 5 nitrogen and oxygen atoms in total. The van der Waals surface area contributed by atoms with E-state index in [-0.39, 0.29) is 29.4 Å². The number of carbonyl (C=O) groups is 1. The molecule has 2 fully saturated rings. The summed E-state index contributed by atoms with van der Waals surface area (Å²) >= 11 is 0. The highest BCUT2D eigenvalue weighted by Gasteiger charge is 2.71. The van der Waals surface area contributed by atoms with Crippen LogP contribution in [0.3, 0.4) is 0 Å². The highest BCUT2D eigenvalue weighted by Crippen LogP contribution is 2.58. The predicted octanol–water partition coefficient (Wildman–Crippen LogP) is 0.975. The van der Waals surface area contributed by atoms with Crippen LogP contribution in [0.1, 0.15) is 41.0 Å².